The maximum Gasteiger partial charge on any atom is 0.261 e. The van der Waals surface area contributed by atoms with Crippen LogP contribution in [0.4, 0.5) is 5.69 Å². The van der Waals surface area contributed by atoms with Gasteiger partial charge in [-0.1, -0.05) is 42.5 Å². The van der Waals surface area contributed by atoms with Crippen molar-refractivity contribution >= 4 is 28.3 Å². The predicted octanol–water partition coefficient (Wildman–Crippen LogP) is 3.95. The summed E-state index contributed by atoms with van der Waals surface area (Å²) in [6, 6.07) is 16.8. The van der Waals surface area contributed by atoms with Crippen LogP contribution in [0.15, 0.2) is 54.6 Å². The number of hydrogen-bond acceptors (Lipinski definition) is 4. The van der Waals surface area contributed by atoms with E-state index in [2.05, 4.69) is 10.6 Å². The number of carbonyl (C=O) groups excluding carboxylic acids is 2. The van der Waals surface area contributed by atoms with Gasteiger partial charge in [0.1, 0.15) is 5.75 Å². The summed E-state index contributed by atoms with van der Waals surface area (Å²) in [7, 11) is 0. The second-order valence-electron chi connectivity index (χ2n) is 5.73. The maximum atomic E-state index is 12.4. The lowest BCUT2D eigenvalue weighted by atomic mass is 9.97. The highest BCUT2D eigenvalue weighted by Gasteiger charge is 2.34. The molecular formula is C20H16N2O3. The molecule has 0 radical (unpaired) electrons. The highest BCUT2D eigenvalue weighted by atomic mass is 16.5. The lowest BCUT2D eigenvalue weighted by Crippen LogP contribution is -2.20. The van der Waals surface area contributed by atoms with Crippen molar-refractivity contribution in [1.29, 1.82) is 0 Å². The number of benzene rings is 3. The fourth-order valence-electron chi connectivity index (χ4n) is 3.16. The molecule has 5 heteroatoms. The quantitative estimate of drug-likeness (QED) is 0.710. The molecule has 0 atom stereocenters. The Labute approximate surface area is 144 Å². The van der Waals surface area contributed by atoms with Gasteiger partial charge in [0.15, 0.2) is 5.75 Å². The van der Waals surface area contributed by atoms with E-state index in [1.54, 1.807) is 0 Å². The minimum absolute atomic E-state index is 0.344. The molecule has 1 heterocycles. The minimum atomic E-state index is -0.403. The van der Waals surface area contributed by atoms with Crippen molar-refractivity contribution in [2.24, 2.45) is 0 Å². The molecule has 3 aromatic rings. The van der Waals surface area contributed by atoms with Crippen molar-refractivity contribution < 1.29 is 14.3 Å². The highest BCUT2D eigenvalue weighted by Crippen LogP contribution is 2.43. The molecule has 5 nitrogen and oxygen atoms in total. The molecule has 2 amide bonds. The number of hydrogen-bond donors (Lipinski definition) is 2. The van der Waals surface area contributed by atoms with Gasteiger partial charge in [-0.2, -0.15) is 0 Å². The number of fused-ring (bicyclic) bond motifs is 3. The molecule has 1 aliphatic rings. The molecule has 0 bridgehead atoms. The van der Waals surface area contributed by atoms with E-state index in [-0.39, 0.29) is 5.91 Å². The molecule has 4 rings (SSSR count). The minimum Gasteiger partial charge on any atom is -0.455 e. The van der Waals surface area contributed by atoms with Crippen molar-refractivity contribution in [1.82, 2.24) is 5.32 Å². The van der Waals surface area contributed by atoms with Gasteiger partial charge in [-0.25, -0.2) is 0 Å². The summed E-state index contributed by atoms with van der Waals surface area (Å²) < 4.78 is 6.13. The molecule has 0 saturated carbocycles. The molecule has 1 aliphatic heterocycles. The van der Waals surface area contributed by atoms with Crippen LogP contribution in [-0.2, 0) is 0 Å². The summed E-state index contributed by atoms with van der Waals surface area (Å²) in [6.45, 7) is 2.53. The first kappa shape index (κ1) is 15.2. The van der Waals surface area contributed by atoms with Crippen LogP contribution >= 0.6 is 0 Å². The highest BCUT2D eigenvalue weighted by molar-refractivity contribution is 6.30. The average Bonchev–Trinajstić information content (AvgIpc) is 2.93. The Bertz CT molecular complexity index is 997. The Morgan fingerprint density at radius 1 is 0.880 bits per heavy atom. The second kappa shape index (κ2) is 5.94. The fraction of sp³-hybridized carbons (Fsp3) is 0.100. The average molecular weight is 332 g/mol. The molecule has 25 heavy (non-hydrogen) atoms. The Balaban J connectivity index is 2.05. The van der Waals surface area contributed by atoms with Gasteiger partial charge in [0, 0.05) is 11.9 Å². The first-order valence-electron chi connectivity index (χ1n) is 8.12. The number of amides is 2. The van der Waals surface area contributed by atoms with E-state index in [1.165, 1.54) is 0 Å². The number of imide groups is 1. The third kappa shape index (κ3) is 2.41. The zero-order valence-corrected chi connectivity index (χ0v) is 13.6. The molecule has 0 fully saturated rings. The summed E-state index contributed by atoms with van der Waals surface area (Å²) >= 11 is 0. The fourth-order valence-corrected chi connectivity index (χ4v) is 3.16. The summed E-state index contributed by atoms with van der Waals surface area (Å²) in [6.07, 6.45) is 0. The van der Waals surface area contributed by atoms with Gasteiger partial charge in [0.25, 0.3) is 11.8 Å². The molecule has 3 aromatic carbocycles. The van der Waals surface area contributed by atoms with Crippen molar-refractivity contribution in [3.8, 4) is 11.5 Å². The van der Waals surface area contributed by atoms with E-state index in [1.807, 2.05) is 61.5 Å². The van der Waals surface area contributed by atoms with Crippen LogP contribution in [0.1, 0.15) is 27.6 Å². The van der Waals surface area contributed by atoms with Gasteiger partial charge in [0.05, 0.1) is 16.8 Å². The summed E-state index contributed by atoms with van der Waals surface area (Å²) in [5.74, 6) is 0.435. The first-order chi connectivity index (χ1) is 12.2. The van der Waals surface area contributed by atoms with E-state index in [9.17, 15) is 9.59 Å². The molecule has 2 N–H and O–H groups in total. The van der Waals surface area contributed by atoms with Crippen LogP contribution in [0.5, 0.6) is 11.5 Å². The maximum absolute atomic E-state index is 12.4. The van der Waals surface area contributed by atoms with Crippen molar-refractivity contribution in [3.05, 3.63) is 65.7 Å². The molecule has 0 unspecified atom stereocenters. The van der Waals surface area contributed by atoms with E-state index in [0.717, 1.165) is 5.39 Å². The largest absolute Gasteiger partial charge is 0.455 e. The first-order valence-corrected chi connectivity index (χ1v) is 8.12. The Morgan fingerprint density at radius 3 is 2.24 bits per heavy atom. The molecule has 0 saturated heterocycles. The van der Waals surface area contributed by atoms with Gasteiger partial charge in [-0.05, 0) is 24.4 Å². The number of ether oxygens (including phenoxy) is 1. The van der Waals surface area contributed by atoms with E-state index < -0.39 is 5.91 Å². The number of anilines is 1. The molecule has 0 aromatic heterocycles. The molecule has 0 aliphatic carbocycles. The summed E-state index contributed by atoms with van der Waals surface area (Å²) in [5.41, 5.74) is 1.29. The van der Waals surface area contributed by atoms with Crippen molar-refractivity contribution in [2.75, 3.05) is 11.9 Å². The van der Waals surface area contributed by atoms with Gasteiger partial charge in [-0.3, -0.25) is 14.9 Å². The summed E-state index contributed by atoms with van der Waals surface area (Å²) in [5, 5.41) is 7.08. The third-order valence-corrected chi connectivity index (χ3v) is 4.17. The predicted molar refractivity (Wildman–Crippen MR) is 96.4 cm³/mol. The Hall–Kier alpha value is -3.34. The number of carbonyl (C=O) groups is 2. The van der Waals surface area contributed by atoms with Crippen LogP contribution < -0.4 is 15.4 Å². The topological polar surface area (TPSA) is 67.4 Å². The number of rotatable bonds is 4. The van der Waals surface area contributed by atoms with E-state index in [4.69, 9.17) is 4.74 Å². The van der Waals surface area contributed by atoms with Crippen LogP contribution in [0.2, 0.25) is 0 Å². The Kier molecular flexibility index (Phi) is 3.61. The zero-order valence-electron chi connectivity index (χ0n) is 13.6. The van der Waals surface area contributed by atoms with Crippen molar-refractivity contribution in [3.63, 3.8) is 0 Å². The third-order valence-electron chi connectivity index (χ3n) is 4.17. The van der Waals surface area contributed by atoms with Gasteiger partial charge in [0.2, 0.25) is 0 Å². The monoisotopic (exact) mass is 332 g/mol. The molecular weight excluding hydrogens is 316 g/mol. The Morgan fingerprint density at radius 2 is 1.52 bits per heavy atom. The SMILES string of the molecule is CCNc1c2c(c3ccccc3c1Oc1ccccc1)C(=O)NC2=O. The smallest absolute Gasteiger partial charge is 0.261 e. The lowest BCUT2D eigenvalue weighted by molar-refractivity contribution is 0.0880. The van der Waals surface area contributed by atoms with Crippen LogP contribution in [0.3, 0.4) is 0 Å². The molecule has 0 spiro atoms. The number of nitrogens with one attached hydrogen (secondary N) is 2. The van der Waals surface area contributed by atoms with Gasteiger partial charge < -0.3 is 10.1 Å². The molecule has 124 valence electrons. The van der Waals surface area contributed by atoms with E-state index in [0.29, 0.717) is 40.2 Å². The second-order valence-corrected chi connectivity index (χ2v) is 5.73. The van der Waals surface area contributed by atoms with Gasteiger partial charge in [-0.15, -0.1) is 0 Å². The van der Waals surface area contributed by atoms with Crippen LogP contribution in [0.25, 0.3) is 10.8 Å². The van der Waals surface area contributed by atoms with Crippen LogP contribution in [-0.4, -0.2) is 18.4 Å². The summed E-state index contributed by atoms with van der Waals surface area (Å²) in [4.78, 5) is 24.7. The lowest BCUT2D eigenvalue weighted by Gasteiger charge is -2.18. The standard InChI is InChI=1S/C20H16N2O3/c1-2-21-17-16-15(19(23)22-20(16)24)13-10-6-7-11-14(13)18(17)25-12-8-4-3-5-9-12/h3-11,21H,2H2,1H3,(H,22,23,24). The number of para-hydroxylation sites is 1. The van der Waals surface area contributed by atoms with Crippen LogP contribution in [0, 0.1) is 0 Å². The van der Waals surface area contributed by atoms with E-state index >= 15 is 0 Å². The zero-order chi connectivity index (χ0) is 17.4. The van der Waals surface area contributed by atoms with Gasteiger partial charge >= 0.3 is 0 Å². The van der Waals surface area contributed by atoms with Crippen molar-refractivity contribution in [2.45, 2.75) is 6.92 Å². The normalized spacial score (nSPS) is 12.8.